The molecule has 0 unspecified atom stereocenters. The third-order valence-corrected chi connectivity index (χ3v) is 6.67. The molecule has 0 aromatic heterocycles. The lowest BCUT2D eigenvalue weighted by Gasteiger charge is -2.31. The summed E-state index contributed by atoms with van der Waals surface area (Å²) in [5, 5.41) is 0. The van der Waals surface area contributed by atoms with Crippen LogP contribution in [0.5, 0.6) is 0 Å². The molecule has 1 saturated carbocycles. The summed E-state index contributed by atoms with van der Waals surface area (Å²) in [6, 6.07) is 9.26. The molecule has 2 heteroatoms. The quantitative estimate of drug-likeness (QED) is 0.427. The number of hydrogen-bond donors (Lipinski definition) is 0. The number of rotatable bonds is 9. The van der Waals surface area contributed by atoms with Gasteiger partial charge < -0.3 is 9.47 Å². The molecule has 152 valence electrons. The SMILES string of the molecule is CCCCCC[C@H]1CC[C@H](c2ccc([C@@H]3CO[C@@H](CCC)CO3)cc2)CC1. The Morgan fingerprint density at radius 1 is 0.741 bits per heavy atom. The molecule has 1 aromatic carbocycles. The smallest absolute Gasteiger partial charge is 0.106 e. The molecule has 1 aromatic rings. The summed E-state index contributed by atoms with van der Waals surface area (Å²) in [5.74, 6) is 1.75. The average molecular weight is 373 g/mol. The summed E-state index contributed by atoms with van der Waals surface area (Å²) in [6.45, 7) is 5.94. The lowest BCUT2D eigenvalue weighted by molar-refractivity contribution is -0.137. The predicted octanol–water partition coefficient (Wildman–Crippen LogP) is 7.19. The highest BCUT2D eigenvalue weighted by molar-refractivity contribution is 5.27. The third-order valence-electron chi connectivity index (χ3n) is 6.67. The molecule has 0 bridgehead atoms. The van der Waals surface area contributed by atoms with Gasteiger partial charge in [0.05, 0.1) is 19.3 Å². The summed E-state index contributed by atoms with van der Waals surface area (Å²) >= 11 is 0. The van der Waals surface area contributed by atoms with Crippen molar-refractivity contribution in [1.82, 2.24) is 0 Å². The second kappa shape index (κ2) is 11.2. The van der Waals surface area contributed by atoms with E-state index in [1.807, 2.05) is 0 Å². The Balaban J connectivity index is 1.42. The van der Waals surface area contributed by atoms with E-state index in [2.05, 4.69) is 38.1 Å². The standard InChI is InChI=1S/C25H40O2/c1-3-5-6-7-9-20-10-12-21(13-11-20)22-14-16-23(17-15-22)25-19-26-24(8-4-2)18-27-25/h14-17,20-21,24-25H,3-13,18-19H2,1-2H3/t20-,21-,24-,25-/m0/s1. The number of hydrogen-bond acceptors (Lipinski definition) is 2. The Kier molecular flexibility index (Phi) is 8.67. The number of ether oxygens (including phenoxy) is 2. The molecule has 2 aliphatic rings. The van der Waals surface area contributed by atoms with E-state index in [0.717, 1.165) is 31.3 Å². The summed E-state index contributed by atoms with van der Waals surface area (Å²) in [5.41, 5.74) is 2.81. The van der Waals surface area contributed by atoms with Crippen LogP contribution in [0.2, 0.25) is 0 Å². The van der Waals surface area contributed by atoms with Crippen LogP contribution < -0.4 is 0 Å². The van der Waals surface area contributed by atoms with Gasteiger partial charge in [-0.1, -0.05) is 76.6 Å². The first-order valence-electron chi connectivity index (χ1n) is 11.6. The lowest BCUT2D eigenvalue weighted by Crippen LogP contribution is -2.30. The molecule has 1 saturated heterocycles. The van der Waals surface area contributed by atoms with E-state index in [0.29, 0.717) is 12.7 Å². The Labute approximate surface area is 167 Å². The molecule has 1 aliphatic heterocycles. The molecule has 2 nitrogen and oxygen atoms in total. The first-order valence-corrected chi connectivity index (χ1v) is 11.6. The van der Waals surface area contributed by atoms with E-state index in [1.165, 1.54) is 68.9 Å². The van der Waals surface area contributed by atoms with Gasteiger partial charge in [-0.25, -0.2) is 0 Å². The van der Waals surface area contributed by atoms with Gasteiger partial charge in [0.1, 0.15) is 6.10 Å². The molecule has 2 atom stereocenters. The van der Waals surface area contributed by atoms with Gasteiger partial charge >= 0.3 is 0 Å². The molecule has 1 aliphatic carbocycles. The van der Waals surface area contributed by atoms with Crippen molar-refractivity contribution in [2.45, 2.75) is 103 Å². The minimum absolute atomic E-state index is 0.117. The Hall–Kier alpha value is -0.860. The van der Waals surface area contributed by atoms with Crippen LogP contribution in [0.1, 0.15) is 108 Å². The van der Waals surface area contributed by atoms with E-state index in [-0.39, 0.29) is 6.10 Å². The lowest BCUT2D eigenvalue weighted by atomic mass is 9.77. The van der Waals surface area contributed by atoms with Crippen LogP contribution in [-0.2, 0) is 9.47 Å². The molecule has 1 heterocycles. The van der Waals surface area contributed by atoms with Crippen molar-refractivity contribution in [3.05, 3.63) is 35.4 Å². The van der Waals surface area contributed by atoms with Gasteiger partial charge in [-0.15, -0.1) is 0 Å². The molecular weight excluding hydrogens is 332 g/mol. The van der Waals surface area contributed by atoms with Gasteiger partial charge in [-0.2, -0.15) is 0 Å². The van der Waals surface area contributed by atoms with Crippen molar-refractivity contribution in [1.29, 1.82) is 0 Å². The Bertz CT molecular complexity index is 508. The van der Waals surface area contributed by atoms with E-state index in [1.54, 1.807) is 0 Å². The normalized spacial score (nSPS) is 29.0. The molecule has 0 N–H and O–H groups in total. The van der Waals surface area contributed by atoms with Crippen molar-refractivity contribution >= 4 is 0 Å². The van der Waals surface area contributed by atoms with Gasteiger partial charge in [-0.3, -0.25) is 0 Å². The second-order valence-corrected chi connectivity index (χ2v) is 8.80. The minimum Gasteiger partial charge on any atom is -0.373 e. The summed E-state index contributed by atoms with van der Waals surface area (Å²) < 4.78 is 12.0. The Morgan fingerprint density at radius 2 is 1.48 bits per heavy atom. The fourth-order valence-electron chi connectivity index (χ4n) is 4.85. The van der Waals surface area contributed by atoms with Crippen molar-refractivity contribution < 1.29 is 9.47 Å². The van der Waals surface area contributed by atoms with E-state index in [4.69, 9.17) is 9.47 Å². The number of unbranched alkanes of at least 4 members (excludes halogenated alkanes) is 3. The average Bonchev–Trinajstić information content (AvgIpc) is 2.73. The molecule has 0 amide bonds. The predicted molar refractivity (Wildman–Crippen MR) is 113 cm³/mol. The van der Waals surface area contributed by atoms with Crippen LogP contribution in [-0.4, -0.2) is 19.3 Å². The molecule has 2 fully saturated rings. The van der Waals surface area contributed by atoms with Gasteiger partial charge in [0.25, 0.3) is 0 Å². The highest BCUT2D eigenvalue weighted by atomic mass is 16.6. The molecular formula is C25H40O2. The second-order valence-electron chi connectivity index (χ2n) is 8.80. The van der Waals surface area contributed by atoms with Crippen molar-refractivity contribution in [3.63, 3.8) is 0 Å². The van der Waals surface area contributed by atoms with Crippen LogP contribution in [0.25, 0.3) is 0 Å². The third kappa shape index (κ3) is 6.32. The maximum absolute atomic E-state index is 6.06. The molecule has 27 heavy (non-hydrogen) atoms. The van der Waals surface area contributed by atoms with Gasteiger partial charge in [0, 0.05) is 0 Å². The molecule has 0 radical (unpaired) electrons. The van der Waals surface area contributed by atoms with E-state index < -0.39 is 0 Å². The summed E-state index contributed by atoms with van der Waals surface area (Å²) in [7, 11) is 0. The highest BCUT2D eigenvalue weighted by Crippen LogP contribution is 2.38. The van der Waals surface area contributed by atoms with Crippen LogP contribution in [0.15, 0.2) is 24.3 Å². The molecule has 0 spiro atoms. The maximum atomic E-state index is 6.06. The van der Waals surface area contributed by atoms with Crippen molar-refractivity contribution in [3.8, 4) is 0 Å². The zero-order valence-electron chi connectivity index (χ0n) is 17.6. The molecule has 3 rings (SSSR count). The monoisotopic (exact) mass is 372 g/mol. The fourth-order valence-corrected chi connectivity index (χ4v) is 4.85. The topological polar surface area (TPSA) is 18.5 Å². The first-order chi connectivity index (χ1) is 13.3. The van der Waals surface area contributed by atoms with Crippen LogP contribution in [0, 0.1) is 5.92 Å². The maximum Gasteiger partial charge on any atom is 0.106 e. The van der Waals surface area contributed by atoms with E-state index in [9.17, 15) is 0 Å². The van der Waals surface area contributed by atoms with Crippen molar-refractivity contribution in [2.75, 3.05) is 13.2 Å². The van der Waals surface area contributed by atoms with E-state index >= 15 is 0 Å². The number of benzene rings is 1. The summed E-state index contributed by atoms with van der Waals surface area (Å²) in [4.78, 5) is 0. The largest absolute Gasteiger partial charge is 0.373 e. The Morgan fingerprint density at radius 3 is 2.11 bits per heavy atom. The fraction of sp³-hybridized carbons (Fsp3) is 0.760. The zero-order chi connectivity index (χ0) is 18.9. The minimum atomic E-state index is 0.117. The van der Waals surface area contributed by atoms with Gasteiger partial charge in [0.15, 0.2) is 0 Å². The highest BCUT2D eigenvalue weighted by Gasteiger charge is 2.25. The van der Waals surface area contributed by atoms with Crippen molar-refractivity contribution in [2.24, 2.45) is 5.92 Å². The van der Waals surface area contributed by atoms with Crippen LogP contribution >= 0.6 is 0 Å². The zero-order valence-corrected chi connectivity index (χ0v) is 17.6. The van der Waals surface area contributed by atoms with Gasteiger partial charge in [0.2, 0.25) is 0 Å². The van der Waals surface area contributed by atoms with Crippen LogP contribution in [0.4, 0.5) is 0 Å². The van der Waals surface area contributed by atoms with Gasteiger partial charge in [-0.05, 0) is 55.1 Å². The van der Waals surface area contributed by atoms with Crippen LogP contribution in [0.3, 0.4) is 0 Å². The summed E-state index contributed by atoms with van der Waals surface area (Å²) in [6.07, 6.45) is 15.4. The first kappa shape index (κ1) is 20.9.